The van der Waals surface area contributed by atoms with Crippen LogP contribution in [0.3, 0.4) is 0 Å². The predicted octanol–water partition coefficient (Wildman–Crippen LogP) is 7.83. The fourth-order valence-electron chi connectivity index (χ4n) is 2.78. The molecule has 0 aromatic heterocycles. The Kier molecular flexibility index (Phi) is 17.9. The van der Waals surface area contributed by atoms with E-state index in [0.29, 0.717) is 6.61 Å². The number of ether oxygens (including phenoxy) is 1. The average molecular weight is 430 g/mol. The molecule has 25 heavy (non-hydrogen) atoms. The highest BCUT2D eigenvalue weighted by Gasteiger charge is 2.23. The summed E-state index contributed by atoms with van der Waals surface area (Å²) in [5.41, 5.74) is 0. The first kappa shape index (κ1) is 25.3. The number of carbonyl (C=O) groups excluding carboxylic acids is 1. The van der Waals surface area contributed by atoms with Crippen LogP contribution in [-0.4, -0.2) is 18.6 Å². The Morgan fingerprint density at radius 3 is 1.44 bits per heavy atom. The molecule has 0 aromatic carbocycles. The van der Waals surface area contributed by atoms with E-state index in [1.807, 2.05) is 0 Å². The molecule has 0 saturated heterocycles. The summed E-state index contributed by atoms with van der Waals surface area (Å²) >= 11 is 17.6. The SMILES string of the molecule is C=CC(=O)OCCCCCCCCCCCCCCCC[Si](Cl)(Cl)Cl. The van der Waals surface area contributed by atoms with Gasteiger partial charge in [-0.25, -0.2) is 4.79 Å². The van der Waals surface area contributed by atoms with Crippen LogP contribution >= 0.6 is 33.2 Å². The van der Waals surface area contributed by atoms with E-state index in [4.69, 9.17) is 38.0 Å². The van der Waals surface area contributed by atoms with E-state index in [-0.39, 0.29) is 5.97 Å². The number of hydrogen-bond donors (Lipinski definition) is 0. The predicted molar refractivity (Wildman–Crippen MR) is 114 cm³/mol. The zero-order valence-corrected chi connectivity index (χ0v) is 18.8. The summed E-state index contributed by atoms with van der Waals surface area (Å²) in [4.78, 5) is 10.8. The summed E-state index contributed by atoms with van der Waals surface area (Å²) in [6.45, 7) is 3.90. The number of halogens is 3. The van der Waals surface area contributed by atoms with Crippen LogP contribution in [0.5, 0.6) is 0 Å². The summed E-state index contributed by atoms with van der Waals surface area (Å²) in [7, 11) is 0. The Balaban J connectivity index is 3.07. The molecule has 0 rings (SSSR count). The van der Waals surface area contributed by atoms with Crippen LogP contribution in [0.25, 0.3) is 0 Å². The van der Waals surface area contributed by atoms with Crippen molar-refractivity contribution in [3.63, 3.8) is 0 Å². The molecule has 0 aliphatic rings. The molecule has 0 fully saturated rings. The lowest BCUT2D eigenvalue weighted by molar-refractivity contribution is -0.137. The lowest BCUT2D eigenvalue weighted by Gasteiger charge is -2.07. The van der Waals surface area contributed by atoms with Gasteiger partial charge in [-0.1, -0.05) is 90.0 Å². The standard InChI is InChI=1S/C19H35Cl3O2Si/c1-2-19(23)24-17-15-13-11-9-7-5-3-4-6-8-10-12-14-16-18-25(20,21)22/h2H,1,3-18H2. The molecule has 6 heteroatoms. The highest BCUT2D eigenvalue weighted by molar-refractivity contribution is 7.64. The third-order valence-corrected chi connectivity index (χ3v) is 6.89. The molecule has 0 saturated carbocycles. The molecule has 0 aliphatic carbocycles. The Bertz CT molecular complexity index is 333. The minimum atomic E-state index is -2.38. The zero-order valence-electron chi connectivity index (χ0n) is 15.5. The summed E-state index contributed by atoms with van der Waals surface area (Å²) in [5.74, 6) is -0.315. The monoisotopic (exact) mass is 428 g/mol. The van der Waals surface area contributed by atoms with E-state index in [9.17, 15) is 4.79 Å². The van der Waals surface area contributed by atoms with E-state index in [1.54, 1.807) is 0 Å². The number of unbranched alkanes of at least 4 members (excludes halogenated alkanes) is 13. The Labute approximate surface area is 169 Å². The number of esters is 1. The highest BCUT2D eigenvalue weighted by atomic mass is 35.8. The zero-order chi connectivity index (χ0) is 18.8. The Hall–Kier alpha value is 0.297. The van der Waals surface area contributed by atoms with Crippen LogP contribution < -0.4 is 0 Å². The first-order chi connectivity index (χ1) is 12.0. The van der Waals surface area contributed by atoms with Gasteiger partial charge in [0.1, 0.15) is 0 Å². The van der Waals surface area contributed by atoms with Crippen molar-refractivity contribution in [1.82, 2.24) is 0 Å². The van der Waals surface area contributed by atoms with Crippen LogP contribution in [0.2, 0.25) is 6.04 Å². The van der Waals surface area contributed by atoms with Crippen LogP contribution in [0.15, 0.2) is 12.7 Å². The van der Waals surface area contributed by atoms with Gasteiger partial charge in [-0.15, -0.1) is 33.2 Å². The van der Waals surface area contributed by atoms with Gasteiger partial charge in [-0.3, -0.25) is 0 Å². The van der Waals surface area contributed by atoms with Gasteiger partial charge >= 0.3 is 12.0 Å². The van der Waals surface area contributed by atoms with Crippen molar-refractivity contribution in [2.75, 3.05) is 6.61 Å². The number of carbonyl (C=O) groups is 1. The highest BCUT2D eigenvalue weighted by Crippen LogP contribution is 2.27. The Morgan fingerprint density at radius 2 is 1.08 bits per heavy atom. The maximum atomic E-state index is 10.8. The second-order valence-corrected chi connectivity index (χ2v) is 16.0. The molecule has 148 valence electrons. The quantitative estimate of drug-likeness (QED) is 0.0729. The smallest absolute Gasteiger partial charge is 0.341 e. The molecule has 0 atom stereocenters. The molecule has 0 aromatic rings. The molecular formula is C19H35Cl3O2Si. The van der Waals surface area contributed by atoms with Crippen molar-refractivity contribution in [2.24, 2.45) is 0 Å². The van der Waals surface area contributed by atoms with Gasteiger partial charge in [0.2, 0.25) is 0 Å². The van der Waals surface area contributed by atoms with Gasteiger partial charge in [0.05, 0.1) is 6.61 Å². The van der Waals surface area contributed by atoms with E-state index in [0.717, 1.165) is 25.3 Å². The van der Waals surface area contributed by atoms with E-state index in [2.05, 4.69) is 6.58 Å². The fourth-order valence-corrected chi connectivity index (χ4v) is 4.63. The molecule has 0 amide bonds. The normalized spacial score (nSPS) is 11.5. The number of hydrogen-bond acceptors (Lipinski definition) is 2. The van der Waals surface area contributed by atoms with Gasteiger partial charge in [-0.2, -0.15) is 0 Å². The first-order valence-electron chi connectivity index (χ1n) is 9.81. The van der Waals surface area contributed by atoms with Crippen molar-refractivity contribution < 1.29 is 9.53 Å². The van der Waals surface area contributed by atoms with Crippen molar-refractivity contribution >= 4 is 45.2 Å². The van der Waals surface area contributed by atoms with Gasteiger partial charge in [0, 0.05) is 6.08 Å². The van der Waals surface area contributed by atoms with Gasteiger partial charge in [-0.05, 0) is 12.5 Å². The molecular weight excluding hydrogens is 395 g/mol. The molecule has 0 N–H and O–H groups in total. The summed E-state index contributed by atoms with van der Waals surface area (Å²) < 4.78 is 4.95. The summed E-state index contributed by atoms with van der Waals surface area (Å²) in [5, 5.41) is 0. The van der Waals surface area contributed by atoms with E-state index < -0.39 is 6.00 Å². The molecule has 0 aliphatic heterocycles. The maximum absolute atomic E-state index is 10.8. The summed E-state index contributed by atoms with van der Waals surface area (Å²) in [6.07, 6.45) is 18.8. The maximum Gasteiger partial charge on any atom is 0.341 e. The second-order valence-electron chi connectivity index (χ2n) is 6.69. The second kappa shape index (κ2) is 17.7. The average Bonchev–Trinajstić information content (AvgIpc) is 2.56. The summed E-state index contributed by atoms with van der Waals surface area (Å²) in [6, 6.07) is -1.57. The van der Waals surface area contributed by atoms with Crippen LogP contribution in [-0.2, 0) is 9.53 Å². The molecule has 0 unspecified atom stereocenters. The molecule has 0 heterocycles. The molecule has 0 bridgehead atoms. The van der Waals surface area contributed by atoms with Crippen LogP contribution in [0, 0.1) is 0 Å². The van der Waals surface area contributed by atoms with Crippen LogP contribution in [0.4, 0.5) is 0 Å². The third-order valence-electron chi connectivity index (χ3n) is 4.27. The Morgan fingerprint density at radius 1 is 0.720 bits per heavy atom. The van der Waals surface area contributed by atoms with Crippen molar-refractivity contribution in [3.05, 3.63) is 12.7 Å². The van der Waals surface area contributed by atoms with E-state index in [1.165, 1.54) is 76.7 Å². The lowest BCUT2D eigenvalue weighted by atomic mass is 10.0. The van der Waals surface area contributed by atoms with Gasteiger partial charge < -0.3 is 4.74 Å². The van der Waals surface area contributed by atoms with Gasteiger partial charge in [0.15, 0.2) is 0 Å². The minimum Gasteiger partial charge on any atom is -0.463 e. The third kappa shape index (κ3) is 22.3. The number of rotatable bonds is 18. The fraction of sp³-hybridized carbons (Fsp3) is 0.842. The minimum absolute atomic E-state index is 0.315. The first-order valence-corrected chi connectivity index (χ1v) is 15.1. The molecule has 2 nitrogen and oxygen atoms in total. The van der Waals surface area contributed by atoms with Crippen molar-refractivity contribution in [2.45, 2.75) is 95.9 Å². The van der Waals surface area contributed by atoms with Crippen molar-refractivity contribution in [1.29, 1.82) is 0 Å². The van der Waals surface area contributed by atoms with Gasteiger partial charge in [0.25, 0.3) is 0 Å². The van der Waals surface area contributed by atoms with Crippen LogP contribution in [0.1, 0.15) is 89.9 Å². The topological polar surface area (TPSA) is 26.3 Å². The molecule has 0 radical (unpaired) electrons. The largest absolute Gasteiger partial charge is 0.463 e. The lowest BCUT2D eigenvalue weighted by Crippen LogP contribution is -2.07. The molecule has 0 spiro atoms. The van der Waals surface area contributed by atoms with Crippen molar-refractivity contribution in [3.8, 4) is 0 Å². The van der Waals surface area contributed by atoms with E-state index >= 15 is 0 Å².